The average molecular weight is 1140 g/mol. The number of furan rings is 1. The highest BCUT2D eigenvalue weighted by atomic mass is 32.1. The summed E-state index contributed by atoms with van der Waals surface area (Å²) in [5.74, 6) is 0. The molecule has 0 aliphatic rings. The Morgan fingerprint density at radius 2 is 0.693 bits per heavy atom. The summed E-state index contributed by atoms with van der Waals surface area (Å²) in [6.07, 6.45) is 0. The van der Waals surface area contributed by atoms with Crippen LogP contribution in [0.4, 0.5) is 0 Å². The molecule has 6 heterocycles. The zero-order valence-electron chi connectivity index (χ0n) is 46.9. The van der Waals surface area contributed by atoms with Crippen molar-refractivity contribution in [3.63, 3.8) is 0 Å². The van der Waals surface area contributed by atoms with Crippen LogP contribution in [0.1, 0.15) is 11.1 Å². The van der Waals surface area contributed by atoms with E-state index in [0.717, 1.165) is 136 Å². The van der Waals surface area contributed by atoms with Gasteiger partial charge in [-0.05, 0) is 89.0 Å². The van der Waals surface area contributed by atoms with Gasteiger partial charge in [0.05, 0.1) is 71.6 Å². The van der Waals surface area contributed by atoms with E-state index in [1.807, 2.05) is 24.3 Å². The van der Waals surface area contributed by atoms with Crippen molar-refractivity contribution in [1.82, 2.24) is 18.3 Å². The third kappa shape index (κ3) is 6.53. The number of hydrogen-bond acceptors (Lipinski definition) is 4. The quantitative estimate of drug-likeness (QED) is 0.166. The molecule has 0 N–H and O–H groups in total. The van der Waals surface area contributed by atoms with E-state index in [2.05, 4.69) is 273 Å². The molecular weight excluding hydrogens is 1090 g/mol. The molecule has 88 heavy (non-hydrogen) atoms. The van der Waals surface area contributed by atoms with Crippen LogP contribution in [-0.4, -0.2) is 18.3 Å². The highest BCUT2D eigenvalue weighted by Gasteiger charge is 2.36. The second-order valence-corrected chi connectivity index (χ2v) is 23.9. The van der Waals surface area contributed by atoms with Crippen molar-refractivity contribution < 1.29 is 4.42 Å². The highest BCUT2D eigenvalue weighted by Crippen LogP contribution is 2.52. The van der Waals surface area contributed by atoms with E-state index in [4.69, 9.17) is 4.42 Å². The normalized spacial score (nSPS) is 12.1. The Morgan fingerprint density at radius 1 is 0.284 bits per heavy atom. The van der Waals surface area contributed by atoms with Gasteiger partial charge in [-0.15, -0.1) is 11.3 Å². The fraction of sp³-hybridized carbons (Fsp3) is 0. The van der Waals surface area contributed by atoms with Gasteiger partial charge in [0.15, 0.2) is 5.58 Å². The topological polar surface area (TPSA) is 80.4 Å². The Morgan fingerprint density at radius 3 is 1.22 bits per heavy atom. The van der Waals surface area contributed by atoms with Crippen LogP contribution in [0.2, 0.25) is 0 Å². The van der Waals surface area contributed by atoms with Gasteiger partial charge >= 0.3 is 0 Å². The summed E-state index contributed by atoms with van der Waals surface area (Å²) in [5.41, 5.74) is 15.9. The number of fused-ring (bicyclic) bond motifs is 20. The molecule has 0 saturated heterocycles. The first kappa shape index (κ1) is 48.4. The largest absolute Gasteiger partial charge is 0.454 e. The first-order valence-corrected chi connectivity index (χ1v) is 30.3. The minimum Gasteiger partial charge on any atom is -0.454 e. The number of para-hydroxylation sites is 5. The summed E-state index contributed by atoms with van der Waals surface area (Å²) in [4.78, 5) is 0. The Kier molecular flexibility index (Phi) is 10.1. The van der Waals surface area contributed by atoms with Crippen LogP contribution in [0, 0.1) is 22.7 Å². The molecule has 0 atom stereocenters. The molecule has 0 spiro atoms. The first-order valence-electron chi connectivity index (χ1n) is 29.5. The van der Waals surface area contributed by atoms with Crippen molar-refractivity contribution in [3.8, 4) is 57.1 Å². The Bertz CT molecular complexity index is 6070. The van der Waals surface area contributed by atoms with Gasteiger partial charge in [-0.25, -0.2) is 0 Å². The molecular formula is C80H44N6OS. The molecule has 0 saturated carbocycles. The van der Waals surface area contributed by atoms with Crippen LogP contribution in [0.3, 0.4) is 0 Å². The lowest BCUT2D eigenvalue weighted by Gasteiger charge is -2.27. The van der Waals surface area contributed by atoms with E-state index in [9.17, 15) is 10.5 Å². The molecule has 6 aromatic heterocycles. The van der Waals surface area contributed by atoms with E-state index in [0.29, 0.717) is 39.5 Å². The summed E-state index contributed by atoms with van der Waals surface area (Å²) in [6, 6.07) is 100. The number of benzene rings is 13. The van der Waals surface area contributed by atoms with Crippen LogP contribution in [-0.2, 0) is 0 Å². The number of nitrogens with zero attached hydrogens (tertiary/aromatic N) is 6. The lowest BCUT2D eigenvalue weighted by molar-refractivity contribution is 0.671. The third-order valence-electron chi connectivity index (χ3n) is 18.4. The van der Waals surface area contributed by atoms with Crippen molar-refractivity contribution in [2.45, 2.75) is 0 Å². The van der Waals surface area contributed by atoms with Gasteiger partial charge in [0.2, 0.25) is 0 Å². The minimum absolute atomic E-state index is 0.320. The molecule has 0 aliphatic carbocycles. The number of hydrogen-bond donors (Lipinski definition) is 0. The zero-order chi connectivity index (χ0) is 57.9. The third-order valence-corrected chi connectivity index (χ3v) is 19.6. The second kappa shape index (κ2) is 18.3. The maximum Gasteiger partial charge on any atom is 0.160 e. The summed E-state index contributed by atoms with van der Waals surface area (Å²) in [7, 11) is 0. The van der Waals surface area contributed by atoms with Crippen LogP contribution in [0.25, 0.3) is 174 Å². The highest BCUT2D eigenvalue weighted by molar-refractivity contribution is 7.26. The van der Waals surface area contributed by atoms with Crippen molar-refractivity contribution in [2.75, 3.05) is 0 Å². The molecule has 0 radical (unpaired) electrons. The zero-order valence-corrected chi connectivity index (χ0v) is 47.7. The van der Waals surface area contributed by atoms with Gasteiger partial charge in [-0.3, -0.25) is 0 Å². The van der Waals surface area contributed by atoms with Crippen molar-refractivity contribution in [3.05, 3.63) is 278 Å². The predicted molar refractivity (Wildman–Crippen MR) is 364 cm³/mol. The smallest absolute Gasteiger partial charge is 0.160 e. The molecule has 406 valence electrons. The maximum atomic E-state index is 13.0. The Balaban J connectivity index is 1.12. The fourth-order valence-electron chi connectivity index (χ4n) is 14.8. The lowest BCUT2D eigenvalue weighted by Crippen LogP contribution is -2.17. The number of rotatable bonds is 6. The van der Waals surface area contributed by atoms with E-state index in [-0.39, 0.29) is 0 Å². The van der Waals surface area contributed by atoms with Crippen molar-refractivity contribution in [2.24, 2.45) is 0 Å². The molecule has 0 bridgehead atoms. The number of thiophene rings is 1. The van der Waals surface area contributed by atoms with Crippen LogP contribution in [0.5, 0.6) is 0 Å². The molecule has 0 unspecified atom stereocenters. The summed E-state index contributed by atoms with van der Waals surface area (Å²) >= 11 is 1.78. The average Bonchev–Trinajstić information content (AvgIpc) is 1.48. The first-order chi connectivity index (χ1) is 43.6. The molecule has 0 fully saturated rings. The Labute approximate surface area is 506 Å². The lowest BCUT2D eigenvalue weighted by atomic mass is 9.98. The molecule has 8 heteroatoms. The van der Waals surface area contributed by atoms with E-state index in [1.165, 1.54) is 10.1 Å². The van der Waals surface area contributed by atoms with Crippen molar-refractivity contribution >= 4 is 141 Å². The van der Waals surface area contributed by atoms with Gasteiger partial charge in [0.25, 0.3) is 0 Å². The SMILES string of the molecule is N#Cc1c(-n2c3ccccc3c3ccccc32)c(-n2c3ccc(-c4ccccc4)cc3c3ccc4c5ccccc5sc4c32)c(-n2c3ccccc3c3ccccc32)c(C#N)c1-n1c2ccc(-c3ccccc3)cc2c2ccc3c4ccccc4oc3c21. The second-order valence-electron chi connectivity index (χ2n) is 22.8. The van der Waals surface area contributed by atoms with E-state index < -0.39 is 0 Å². The molecule has 19 aromatic rings. The monoisotopic (exact) mass is 1140 g/mol. The standard InChI is InChI=1S/C80H44N6OS/c81-45-63-73(85-69-41-35-49(47-19-3-1-4-20-47)43-61(69)57-37-39-59-55-27-11-17-33-71(55)87-79(59)76(57)85)64(46-82)75(84-67-31-15-9-25-53(67)54-26-10-16-32-68(54)84)78(74(63)83-65-29-13-7-23-51(65)52-24-8-14-30-66(52)83)86-70-42-36-50(48-21-5-2-6-22-48)44-62(70)58-38-40-60-56-28-12-18-34-72(56)88-80(60)77(58)86/h1-44H. The van der Waals surface area contributed by atoms with Gasteiger partial charge in [0, 0.05) is 69.3 Å². The van der Waals surface area contributed by atoms with E-state index >= 15 is 0 Å². The number of aromatic nitrogens is 4. The van der Waals surface area contributed by atoms with Crippen LogP contribution >= 0.6 is 11.3 Å². The molecule has 7 nitrogen and oxygen atoms in total. The summed E-state index contributed by atoms with van der Waals surface area (Å²) in [5, 5.41) is 38.4. The molecule has 0 aliphatic heterocycles. The maximum absolute atomic E-state index is 13.0. The summed E-state index contributed by atoms with van der Waals surface area (Å²) in [6.45, 7) is 0. The van der Waals surface area contributed by atoms with Gasteiger partial charge in [-0.2, -0.15) is 10.5 Å². The predicted octanol–water partition coefficient (Wildman–Crippen LogP) is 21.4. The fourth-order valence-corrected chi connectivity index (χ4v) is 16.0. The van der Waals surface area contributed by atoms with Gasteiger partial charge < -0.3 is 22.7 Å². The van der Waals surface area contributed by atoms with Crippen LogP contribution in [0.15, 0.2) is 271 Å². The van der Waals surface area contributed by atoms with Gasteiger partial charge in [-0.1, -0.05) is 200 Å². The van der Waals surface area contributed by atoms with E-state index in [1.54, 1.807) is 11.3 Å². The van der Waals surface area contributed by atoms with Gasteiger partial charge in [0.1, 0.15) is 28.8 Å². The van der Waals surface area contributed by atoms with Crippen molar-refractivity contribution in [1.29, 1.82) is 10.5 Å². The van der Waals surface area contributed by atoms with Crippen LogP contribution < -0.4 is 0 Å². The molecule has 0 amide bonds. The molecule has 19 rings (SSSR count). The number of nitriles is 2. The summed E-state index contributed by atoms with van der Waals surface area (Å²) < 4.78 is 18.7. The Hall–Kier alpha value is -11.9. The molecule has 13 aromatic carbocycles. The minimum atomic E-state index is 0.320.